The van der Waals surface area contributed by atoms with E-state index in [2.05, 4.69) is 36.2 Å². The first kappa shape index (κ1) is 15.5. The summed E-state index contributed by atoms with van der Waals surface area (Å²) in [5.74, 6) is -0.155. The maximum absolute atomic E-state index is 14.0. The molecule has 0 aliphatic rings. The number of hydrogen-bond acceptors (Lipinski definition) is 2. The van der Waals surface area contributed by atoms with Crippen molar-refractivity contribution in [3.8, 4) is 0 Å². The first-order valence-electron chi connectivity index (χ1n) is 7.39. The lowest BCUT2D eigenvalue weighted by Crippen LogP contribution is -2.34. The average Bonchev–Trinajstić information content (AvgIpc) is 2.51. The lowest BCUT2D eigenvalue weighted by molar-refractivity contribution is 0.528. The Kier molecular flexibility index (Phi) is 5.34. The van der Waals surface area contributed by atoms with Gasteiger partial charge in [0, 0.05) is 24.3 Å². The summed E-state index contributed by atoms with van der Waals surface area (Å²) in [6.07, 6.45) is 0. The SMILES string of the molecule is CCN(CC(NC)c1ccccc1F)c1ccccc1C. The van der Waals surface area contributed by atoms with Crippen molar-refractivity contribution in [2.24, 2.45) is 0 Å². The number of nitrogens with zero attached hydrogens (tertiary/aromatic N) is 1. The first-order valence-corrected chi connectivity index (χ1v) is 7.39. The summed E-state index contributed by atoms with van der Waals surface area (Å²) in [6, 6.07) is 15.2. The fourth-order valence-electron chi connectivity index (χ4n) is 2.64. The molecule has 21 heavy (non-hydrogen) atoms. The summed E-state index contributed by atoms with van der Waals surface area (Å²) in [5, 5.41) is 3.23. The minimum absolute atomic E-state index is 0.0363. The van der Waals surface area contributed by atoms with Crippen molar-refractivity contribution in [2.45, 2.75) is 19.9 Å². The van der Waals surface area contributed by atoms with Crippen LogP contribution in [0.5, 0.6) is 0 Å². The quantitative estimate of drug-likeness (QED) is 0.866. The summed E-state index contributed by atoms with van der Waals surface area (Å²) in [4.78, 5) is 2.28. The molecule has 0 saturated carbocycles. The standard InChI is InChI=1S/C18H23FN2/c1-4-21(18-12-8-5-9-14(18)2)13-17(20-3)15-10-6-7-11-16(15)19/h5-12,17,20H,4,13H2,1-3H3. The smallest absolute Gasteiger partial charge is 0.128 e. The van der Waals surface area contributed by atoms with Crippen LogP contribution in [0.25, 0.3) is 0 Å². The average molecular weight is 286 g/mol. The summed E-state index contributed by atoms with van der Waals surface area (Å²) in [5.41, 5.74) is 3.16. The molecule has 0 aromatic heterocycles. The van der Waals surface area contributed by atoms with Gasteiger partial charge < -0.3 is 10.2 Å². The van der Waals surface area contributed by atoms with Crippen LogP contribution in [-0.4, -0.2) is 20.1 Å². The van der Waals surface area contributed by atoms with Gasteiger partial charge in [0.2, 0.25) is 0 Å². The molecule has 0 amide bonds. The molecule has 112 valence electrons. The number of benzene rings is 2. The van der Waals surface area contributed by atoms with Gasteiger partial charge in [0.1, 0.15) is 5.82 Å². The topological polar surface area (TPSA) is 15.3 Å². The van der Waals surface area contributed by atoms with E-state index >= 15 is 0 Å². The largest absolute Gasteiger partial charge is 0.370 e. The highest BCUT2D eigenvalue weighted by Crippen LogP contribution is 2.24. The number of aryl methyl sites for hydroxylation is 1. The minimum atomic E-state index is -0.155. The Hall–Kier alpha value is -1.87. The highest BCUT2D eigenvalue weighted by Gasteiger charge is 2.17. The number of likely N-dealkylation sites (N-methyl/N-ethyl adjacent to an activating group) is 2. The van der Waals surface area contributed by atoms with Crippen molar-refractivity contribution in [1.29, 1.82) is 0 Å². The molecule has 0 fully saturated rings. The van der Waals surface area contributed by atoms with Crippen LogP contribution < -0.4 is 10.2 Å². The summed E-state index contributed by atoms with van der Waals surface area (Å²) in [7, 11) is 1.88. The molecular weight excluding hydrogens is 263 g/mol. The van der Waals surface area contributed by atoms with E-state index in [0.29, 0.717) is 5.56 Å². The van der Waals surface area contributed by atoms with Gasteiger partial charge in [-0.3, -0.25) is 0 Å². The van der Waals surface area contributed by atoms with Crippen LogP contribution >= 0.6 is 0 Å². The maximum Gasteiger partial charge on any atom is 0.128 e. The molecule has 0 saturated heterocycles. The number of rotatable bonds is 6. The normalized spacial score (nSPS) is 12.2. The van der Waals surface area contributed by atoms with Crippen molar-refractivity contribution in [1.82, 2.24) is 5.32 Å². The van der Waals surface area contributed by atoms with Gasteiger partial charge in [0.25, 0.3) is 0 Å². The lowest BCUT2D eigenvalue weighted by Gasteiger charge is -2.30. The van der Waals surface area contributed by atoms with Crippen molar-refractivity contribution >= 4 is 5.69 Å². The highest BCUT2D eigenvalue weighted by atomic mass is 19.1. The molecule has 0 spiro atoms. The fraction of sp³-hybridized carbons (Fsp3) is 0.333. The number of halogens is 1. The second-order valence-corrected chi connectivity index (χ2v) is 5.19. The van der Waals surface area contributed by atoms with Crippen molar-refractivity contribution in [3.05, 3.63) is 65.5 Å². The van der Waals surface area contributed by atoms with Gasteiger partial charge in [-0.2, -0.15) is 0 Å². The van der Waals surface area contributed by atoms with Crippen molar-refractivity contribution in [3.63, 3.8) is 0 Å². The molecule has 3 heteroatoms. The van der Waals surface area contributed by atoms with E-state index in [1.165, 1.54) is 17.3 Å². The Morgan fingerprint density at radius 3 is 2.38 bits per heavy atom. The van der Waals surface area contributed by atoms with Gasteiger partial charge in [-0.05, 0) is 38.6 Å². The van der Waals surface area contributed by atoms with Crippen LogP contribution in [0, 0.1) is 12.7 Å². The molecule has 0 bridgehead atoms. The zero-order valence-electron chi connectivity index (χ0n) is 12.9. The molecule has 1 unspecified atom stereocenters. The molecule has 1 atom stereocenters. The van der Waals surface area contributed by atoms with Crippen LogP contribution in [0.4, 0.5) is 10.1 Å². The van der Waals surface area contributed by atoms with E-state index < -0.39 is 0 Å². The maximum atomic E-state index is 14.0. The predicted molar refractivity (Wildman–Crippen MR) is 87.3 cm³/mol. The molecule has 2 rings (SSSR count). The number of anilines is 1. The Labute approximate surface area is 126 Å². The monoisotopic (exact) mass is 286 g/mol. The van der Waals surface area contributed by atoms with Crippen LogP contribution in [-0.2, 0) is 0 Å². The number of hydrogen-bond donors (Lipinski definition) is 1. The van der Waals surface area contributed by atoms with Gasteiger partial charge in [-0.1, -0.05) is 36.4 Å². The van der Waals surface area contributed by atoms with E-state index in [9.17, 15) is 4.39 Å². The van der Waals surface area contributed by atoms with E-state index in [0.717, 1.165) is 13.1 Å². The molecule has 0 heterocycles. The first-order chi connectivity index (χ1) is 10.2. The third-order valence-electron chi connectivity index (χ3n) is 3.87. The van der Waals surface area contributed by atoms with E-state index in [1.807, 2.05) is 31.3 Å². The Morgan fingerprint density at radius 2 is 1.76 bits per heavy atom. The number of para-hydroxylation sites is 1. The molecule has 0 radical (unpaired) electrons. The molecule has 2 aromatic carbocycles. The zero-order valence-corrected chi connectivity index (χ0v) is 12.9. The van der Waals surface area contributed by atoms with Gasteiger partial charge in [0.15, 0.2) is 0 Å². The minimum Gasteiger partial charge on any atom is -0.370 e. The van der Waals surface area contributed by atoms with Gasteiger partial charge in [-0.15, -0.1) is 0 Å². The molecule has 0 aliphatic heterocycles. The molecule has 2 aromatic rings. The second-order valence-electron chi connectivity index (χ2n) is 5.19. The lowest BCUT2D eigenvalue weighted by atomic mass is 10.0. The Morgan fingerprint density at radius 1 is 1.10 bits per heavy atom. The van der Waals surface area contributed by atoms with Crippen molar-refractivity contribution in [2.75, 3.05) is 25.0 Å². The van der Waals surface area contributed by atoms with Crippen LogP contribution in [0.2, 0.25) is 0 Å². The summed E-state index contributed by atoms with van der Waals surface area (Å²) in [6.45, 7) is 5.85. The molecule has 1 N–H and O–H groups in total. The van der Waals surface area contributed by atoms with E-state index in [4.69, 9.17) is 0 Å². The zero-order chi connectivity index (χ0) is 15.2. The summed E-state index contributed by atoms with van der Waals surface area (Å²) < 4.78 is 14.0. The summed E-state index contributed by atoms with van der Waals surface area (Å²) >= 11 is 0. The highest BCUT2D eigenvalue weighted by molar-refractivity contribution is 5.53. The predicted octanol–water partition coefficient (Wildman–Crippen LogP) is 3.92. The molecule has 0 aliphatic carbocycles. The van der Waals surface area contributed by atoms with E-state index in [-0.39, 0.29) is 11.9 Å². The third-order valence-corrected chi connectivity index (χ3v) is 3.87. The fourth-order valence-corrected chi connectivity index (χ4v) is 2.64. The molecular formula is C18H23FN2. The Balaban J connectivity index is 2.24. The van der Waals surface area contributed by atoms with Gasteiger partial charge in [-0.25, -0.2) is 4.39 Å². The van der Waals surface area contributed by atoms with E-state index in [1.54, 1.807) is 6.07 Å². The van der Waals surface area contributed by atoms with Crippen LogP contribution in [0.15, 0.2) is 48.5 Å². The van der Waals surface area contributed by atoms with Crippen molar-refractivity contribution < 1.29 is 4.39 Å². The van der Waals surface area contributed by atoms with Crippen LogP contribution in [0.3, 0.4) is 0 Å². The second kappa shape index (κ2) is 7.23. The van der Waals surface area contributed by atoms with Gasteiger partial charge in [0.05, 0.1) is 6.04 Å². The Bertz CT molecular complexity index is 531. The third kappa shape index (κ3) is 3.61. The number of nitrogens with one attached hydrogen (secondary N) is 1. The van der Waals surface area contributed by atoms with Gasteiger partial charge >= 0.3 is 0 Å². The molecule has 2 nitrogen and oxygen atoms in total. The van der Waals surface area contributed by atoms with Crippen LogP contribution in [0.1, 0.15) is 24.1 Å².